The van der Waals surface area contributed by atoms with E-state index in [0.717, 1.165) is 12.8 Å². The molecule has 0 aliphatic rings. The second-order valence-corrected chi connectivity index (χ2v) is 8.78. The number of hydrogen-bond acceptors (Lipinski definition) is 8. The van der Waals surface area contributed by atoms with Crippen molar-refractivity contribution in [3.8, 4) is 23.3 Å². The van der Waals surface area contributed by atoms with Crippen molar-refractivity contribution in [1.82, 2.24) is 9.13 Å². The lowest BCUT2D eigenvalue weighted by atomic mass is 10.2. The number of benzene rings is 2. The molecule has 2 N–H and O–H groups in total. The van der Waals surface area contributed by atoms with Crippen molar-refractivity contribution >= 4 is 45.0 Å². The number of hydrogen-bond donors (Lipinski definition) is 2. The molecule has 2 amide bonds. The first kappa shape index (κ1) is 27.3. The molecule has 0 saturated carbocycles. The third kappa shape index (κ3) is 5.44. The molecule has 4 aromatic rings. The predicted molar refractivity (Wildman–Crippen MR) is 145 cm³/mol. The highest BCUT2D eigenvalue weighted by atomic mass is 16.5. The number of rotatable bonds is 10. The maximum absolute atomic E-state index is 12.4. The minimum atomic E-state index is -0.864. The van der Waals surface area contributed by atoms with Crippen LogP contribution in [0.25, 0.3) is 21.8 Å². The van der Waals surface area contributed by atoms with Gasteiger partial charge in [-0.15, -0.1) is 20.5 Å². The molecule has 0 saturated heterocycles. The van der Waals surface area contributed by atoms with Crippen LogP contribution in [0.15, 0.2) is 56.9 Å². The highest BCUT2D eigenvalue weighted by molar-refractivity contribution is 6.00. The normalized spacial score (nSPS) is 11.8. The molecule has 0 radical (unpaired) electrons. The number of aromatic nitrogens is 2. The van der Waals surface area contributed by atoms with Gasteiger partial charge < -0.3 is 28.8 Å². The zero-order valence-electron chi connectivity index (χ0n) is 22.2. The quantitative estimate of drug-likeness (QED) is 0.184. The van der Waals surface area contributed by atoms with Crippen LogP contribution in [0, 0.1) is 0 Å². The van der Waals surface area contributed by atoms with E-state index in [2.05, 4.69) is 20.5 Å². The van der Waals surface area contributed by atoms with Crippen molar-refractivity contribution in [3.63, 3.8) is 0 Å². The third-order valence-corrected chi connectivity index (χ3v) is 6.15. The molecule has 0 aliphatic heterocycles. The Hall–Kier alpha value is -4.74. The van der Waals surface area contributed by atoms with Crippen molar-refractivity contribution in [2.75, 3.05) is 14.2 Å². The molecular weight excluding hydrogens is 504 g/mol. The van der Waals surface area contributed by atoms with Gasteiger partial charge in [-0.2, -0.15) is 0 Å². The Morgan fingerprint density at radius 2 is 1.15 bits per heavy atom. The molecule has 0 bridgehead atoms. The van der Waals surface area contributed by atoms with Crippen LogP contribution in [0.1, 0.15) is 33.1 Å². The average molecular weight is 535 g/mol. The molecule has 4 rings (SSSR count). The fourth-order valence-electron chi connectivity index (χ4n) is 4.37. The minimum Gasteiger partial charge on any atom is -0.497 e. The Kier molecular flexibility index (Phi) is 8.23. The molecule has 0 spiro atoms. The Morgan fingerprint density at radius 3 is 1.51 bits per heavy atom. The van der Waals surface area contributed by atoms with E-state index in [0.29, 0.717) is 46.4 Å². The van der Waals surface area contributed by atoms with E-state index in [9.17, 15) is 19.8 Å². The molecule has 2 aromatic heterocycles. The fourth-order valence-corrected chi connectivity index (χ4v) is 4.37. The smallest absolute Gasteiger partial charge is 0.274 e. The number of carbonyl (C=O) groups excluding carboxylic acids is 2. The van der Waals surface area contributed by atoms with Gasteiger partial charge in [-0.25, -0.2) is 0 Å². The number of aryl methyl sites for hydroxylation is 2. The van der Waals surface area contributed by atoms with Crippen molar-refractivity contribution in [1.29, 1.82) is 0 Å². The number of aromatic hydroxyl groups is 2. The van der Waals surface area contributed by atoms with E-state index in [1.807, 2.05) is 13.8 Å². The summed E-state index contributed by atoms with van der Waals surface area (Å²) in [5, 5.41) is 37.7. The summed E-state index contributed by atoms with van der Waals surface area (Å²) in [6.07, 6.45) is 0.831. The van der Waals surface area contributed by atoms with Crippen LogP contribution < -0.4 is 9.47 Å². The van der Waals surface area contributed by atoms with Crippen LogP contribution in [0.3, 0.4) is 0 Å². The molecule has 12 nitrogen and oxygen atoms in total. The molecule has 2 heterocycles. The number of azo groups is 2. The maximum Gasteiger partial charge on any atom is 0.274 e. The van der Waals surface area contributed by atoms with Crippen LogP contribution in [-0.4, -0.2) is 45.4 Å². The highest BCUT2D eigenvalue weighted by Crippen LogP contribution is 2.42. The fraction of sp³-hybridized carbons (Fsp3) is 0.333. The van der Waals surface area contributed by atoms with Crippen LogP contribution in [0.5, 0.6) is 23.3 Å². The lowest BCUT2D eigenvalue weighted by molar-refractivity contribution is -0.126. The average Bonchev–Trinajstić information content (AvgIpc) is 3.35. The van der Waals surface area contributed by atoms with Gasteiger partial charge in [-0.1, -0.05) is 13.8 Å². The van der Waals surface area contributed by atoms with Crippen LogP contribution in [0.2, 0.25) is 0 Å². The minimum absolute atomic E-state index is 0.0994. The highest BCUT2D eigenvalue weighted by Gasteiger charge is 2.19. The molecule has 204 valence electrons. The molecule has 0 fully saturated rings. The second kappa shape index (κ2) is 11.8. The molecular formula is C27H30N6O6. The Labute approximate surface area is 224 Å². The summed E-state index contributed by atoms with van der Waals surface area (Å²) in [7, 11) is 3.04. The van der Waals surface area contributed by atoms with E-state index >= 15 is 0 Å². The van der Waals surface area contributed by atoms with Crippen LogP contribution in [-0.2, 0) is 22.7 Å². The van der Waals surface area contributed by atoms with E-state index in [-0.39, 0.29) is 23.1 Å². The second-order valence-electron chi connectivity index (χ2n) is 8.78. The number of ether oxygens (including phenoxy) is 2. The van der Waals surface area contributed by atoms with E-state index in [1.54, 1.807) is 45.5 Å². The predicted octanol–water partition coefficient (Wildman–Crippen LogP) is 6.16. The summed E-state index contributed by atoms with van der Waals surface area (Å²) < 4.78 is 13.9. The Balaban J connectivity index is 1.56. The molecule has 0 aliphatic carbocycles. The molecule has 0 unspecified atom stereocenters. The van der Waals surface area contributed by atoms with Gasteiger partial charge in [-0.3, -0.25) is 9.59 Å². The van der Waals surface area contributed by atoms with Crippen LogP contribution >= 0.6 is 0 Å². The molecule has 0 atom stereocenters. The maximum atomic E-state index is 12.4. The van der Waals surface area contributed by atoms with E-state index < -0.39 is 18.2 Å². The number of methoxy groups -OCH3 is 2. The standard InChI is InChI=1S/C27H30N6O6/c1-5-11-32-20-9-7-16(38-3)13-18(20)24(26(32)36)30-28-22(34)15-23(35)29-31-25-19-14-17(39-4)8-10-21(19)33(12-6-2)27(25)37/h7-10,13-14,36-37H,5-6,11-12,15H2,1-4H3. The van der Waals surface area contributed by atoms with Gasteiger partial charge in [0.1, 0.15) is 17.9 Å². The Bertz CT molecular complexity index is 1480. The lowest BCUT2D eigenvalue weighted by Crippen LogP contribution is -2.01. The SMILES string of the molecule is CCCn1c(O)c(N=NC(=O)CC(=O)N=Nc2c(O)n(CCC)c3ccc(OC)cc23)c2cc(OC)ccc21. The van der Waals surface area contributed by atoms with Gasteiger partial charge >= 0.3 is 0 Å². The number of nitrogens with zero attached hydrogens (tertiary/aromatic N) is 6. The zero-order valence-corrected chi connectivity index (χ0v) is 22.2. The van der Waals surface area contributed by atoms with Gasteiger partial charge in [0.05, 0.1) is 25.3 Å². The number of amides is 2. The van der Waals surface area contributed by atoms with E-state index in [4.69, 9.17) is 9.47 Å². The first-order valence-electron chi connectivity index (χ1n) is 12.5. The van der Waals surface area contributed by atoms with Crippen molar-refractivity contribution in [2.45, 2.75) is 46.2 Å². The molecule has 39 heavy (non-hydrogen) atoms. The summed E-state index contributed by atoms with van der Waals surface area (Å²) in [4.78, 5) is 24.9. The largest absolute Gasteiger partial charge is 0.497 e. The summed E-state index contributed by atoms with van der Waals surface area (Å²) in [6, 6.07) is 10.5. The lowest BCUT2D eigenvalue weighted by Gasteiger charge is -2.04. The topological polar surface area (TPSA) is 152 Å². The summed E-state index contributed by atoms with van der Waals surface area (Å²) >= 11 is 0. The number of carbonyl (C=O) groups is 2. The third-order valence-electron chi connectivity index (χ3n) is 6.15. The molecule has 2 aromatic carbocycles. The first-order valence-corrected chi connectivity index (χ1v) is 12.5. The van der Waals surface area contributed by atoms with Gasteiger partial charge in [0.15, 0.2) is 11.4 Å². The van der Waals surface area contributed by atoms with Gasteiger partial charge in [0.25, 0.3) is 11.8 Å². The monoisotopic (exact) mass is 534 g/mol. The Morgan fingerprint density at radius 1 is 0.744 bits per heavy atom. The summed E-state index contributed by atoms with van der Waals surface area (Å²) in [6.45, 7) is 5.00. The van der Waals surface area contributed by atoms with E-state index in [1.165, 1.54) is 14.2 Å². The van der Waals surface area contributed by atoms with Crippen molar-refractivity contribution in [2.24, 2.45) is 20.5 Å². The van der Waals surface area contributed by atoms with Gasteiger partial charge in [0.2, 0.25) is 11.8 Å². The van der Waals surface area contributed by atoms with Crippen LogP contribution in [0.4, 0.5) is 11.4 Å². The van der Waals surface area contributed by atoms with Crippen molar-refractivity contribution in [3.05, 3.63) is 36.4 Å². The number of fused-ring (bicyclic) bond motifs is 2. The van der Waals surface area contributed by atoms with Gasteiger partial charge in [-0.05, 0) is 49.2 Å². The zero-order chi connectivity index (χ0) is 28.1. The summed E-state index contributed by atoms with van der Waals surface area (Å²) in [5.74, 6) is -0.908. The first-order chi connectivity index (χ1) is 18.8. The van der Waals surface area contributed by atoms with Gasteiger partial charge in [0, 0.05) is 23.9 Å². The molecule has 12 heteroatoms. The summed E-state index contributed by atoms with van der Waals surface area (Å²) in [5.41, 5.74) is 1.62. The van der Waals surface area contributed by atoms with Crippen molar-refractivity contribution < 1.29 is 29.3 Å².